The first-order valence-electron chi connectivity index (χ1n) is 15.6. The molecule has 0 fully saturated rings. The second-order valence-electron chi connectivity index (χ2n) is 12.5. The van der Waals surface area contributed by atoms with Crippen LogP contribution in [0, 0.1) is 0 Å². The van der Waals surface area contributed by atoms with Crippen LogP contribution in [-0.4, -0.2) is 15.0 Å². The summed E-state index contributed by atoms with van der Waals surface area (Å²) < 4.78 is 6.27. The third kappa shape index (κ3) is 4.11. The molecule has 9 rings (SSSR count). The van der Waals surface area contributed by atoms with Crippen LogP contribution in [0.1, 0.15) is 25.0 Å². The van der Waals surface area contributed by atoms with Gasteiger partial charge in [0.05, 0.1) is 0 Å². The molecule has 8 aromatic rings. The van der Waals surface area contributed by atoms with Crippen LogP contribution < -0.4 is 0 Å². The van der Waals surface area contributed by atoms with Crippen LogP contribution in [0.2, 0.25) is 0 Å². The number of nitrogens with zero attached hydrogens (tertiary/aromatic N) is 3. The van der Waals surface area contributed by atoms with Gasteiger partial charge in [-0.25, -0.2) is 15.0 Å². The molecular weight excluding hydrogens is 562 g/mol. The summed E-state index contributed by atoms with van der Waals surface area (Å²) in [5.41, 5.74) is 12.1. The number of rotatable bonds is 4. The molecule has 0 N–H and O–H groups in total. The van der Waals surface area contributed by atoms with Crippen molar-refractivity contribution in [3.05, 3.63) is 151 Å². The van der Waals surface area contributed by atoms with Gasteiger partial charge in [-0.3, -0.25) is 0 Å². The average Bonchev–Trinajstić information content (AvgIpc) is 3.60. The van der Waals surface area contributed by atoms with Crippen LogP contribution >= 0.6 is 0 Å². The summed E-state index contributed by atoms with van der Waals surface area (Å²) >= 11 is 0. The van der Waals surface area contributed by atoms with Gasteiger partial charge in [-0.1, -0.05) is 129 Å². The van der Waals surface area contributed by atoms with Crippen molar-refractivity contribution in [1.82, 2.24) is 15.0 Å². The Balaban J connectivity index is 1.17. The van der Waals surface area contributed by atoms with E-state index in [9.17, 15) is 0 Å². The number of aromatic nitrogens is 3. The summed E-state index contributed by atoms with van der Waals surface area (Å²) in [5.74, 6) is 1.97. The molecule has 1 aliphatic rings. The molecule has 0 amide bonds. The van der Waals surface area contributed by atoms with Crippen LogP contribution in [0.25, 0.3) is 78.4 Å². The number of fused-ring (bicyclic) bond motifs is 7. The highest BCUT2D eigenvalue weighted by atomic mass is 16.3. The second-order valence-corrected chi connectivity index (χ2v) is 12.5. The van der Waals surface area contributed by atoms with E-state index in [4.69, 9.17) is 19.4 Å². The maximum atomic E-state index is 6.27. The Bertz CT molecular complexity index is 2380. The Hall–Kier alpha value is -5.87. The highest BCUT2D eigenvalue weighted by Gasteiger charge is 2.37. The maximum absolute atomic E-state index is 6.27. The third-order valence-electron chi connectivity index (χ3n) is 9.33. The molecule has 0 spiro atoms. The highest BCUT2D eigenvalue weighted by Crippen LogP contribution is 2.53. The van der Waals surface area contributed by atoms with Crippen LogP contribution in [0.4, 0.5) is 0 Å². The van der Waals surface area contributed by atoms with Gasteiger partial charge in [0, 0.05) is 32.9 Å². The summed E-state index contributed by atoms with van der Waals surface area (Å²) in [6, 6.07) is 48.3. The first-order chi connectivity index (χ1) is 22.5. The summed E-state index contributed by atoms with van der Waals surface area (Å²) in [6.45, 7) is 4.65. The van der Waals surface area contributed by atoms with Crippen molar-refractivity contribution in [3.8, 4) is 56.4 Å². The first-order valence-corrected chi connectivity index (χ1v) is 15.6. The van der Waals surface area contributed by atoms with Gasteiger partial charge in [-0.15, -0.1) is 0 Å². The van der Waals surface area contributed by atoms with Crippen LogP contribution in [0.3, 0.4) is 0 Å². The zero-order chi connectivity index (χ0) is 30.8. The Morgan fingerprint density at radius 1 is 0.457 bits per heavy atom. The predicted molar refractivity (Wildman–Crippen MR) is 186 cm³/mol. The fourth-order valence-electron chi connectivity index (χ4n) is 7.00. The van der Waals surface area contributed by atoms with Crippen molar-refractivity contribution in [2.75, 3.05) is 0 Å². The topological polar surface area (TPSA) is 51.8 Å². The quantitative estimate of drug-likeness (QED) is 0.204. The molecule has 2 heterocycles. The molecule has 4 nitrogen and oxygen atoms in total. The van der Waals surface area contributed by atoms with Crippen molar-refractivity contribution in [3.63, 3.8) is 0 Å². The minimum absolute atomic E-state index is 0.159. The molecule has 4 heteroatoms. The smallest absolute Gasteiger partial charge is 0.164 e. The van der Waals surface area contributed by atoms with Crippen molar-refractivity contribution in [2.45, 2.75) is 19.3 Å². The van der Waals surface area contributed by atoms with Crippen LogP contribution in [-0.2, 0) is 5.41 Å². The molecule has 0 aliphatic heterocycles. The van der Waals surface area contributed by atoms with Gasteiger partial charge in [0.15, 0.2) is 17.5 Å². The summed E-state index contributed by atoms with van der Waals surface area (Å²) in [6.07, 6.45) is 0. The predicted octanol–water partition coefficient (Wildman–Crippen LogP) is 10.7. The van der Waals surface area contributed by atoms with E-state index < -0.39 is 0 Å². The van der Waals surface area contributed by atoms with Gasteiger partial charge in [0.1, 0.15) is 11.2 Å². The van der Waals surface area contributed by atoms with Crippen LogP contribution in [0.15, 0.2) is 144 Å². The number of hydrogen-bond donors (Lipinski definition) is 0. The number of para-hydroxylation sites is 1. The molecule has 0 atom stereocenters. The van der Waals surface area contributed by atoms with Gasteiger partial charge in [-0.05, 0) is 57.6 Å². The second kappa shape index (κ2) is 10.1. The maximum Gasteiger partial charge on any atom is 0.164 e. The van der Waals surface area contributed by atoms with Gasteiger partial charge in [0.2, 0.25) is 0 Å². The van der Waals surface area contributed by atoms with Gasteiger partial charge in [0.25, 0.3) is 0 Å². The number of furan rings is 1. The molecule has 46 heavy (non-hydrogen) atoms. The Morgan fingerprint density at radius 2 is 1.04 bits per heavy atom. The molecule has 2 aromatic heterocycles. The lowest BCUT2D eigenvalue weighted by Crippen LogP contribution is -2.14. The van der Waals surface area contributed by atoms with E-state index in [1.807, 2.05) is 66.7 Å². The van der Waals surface area contributed by atoms with E-state index in [1.54, 1.807) is 0 Å². The van der Waals surface area contributed by atoms with Gasteiger partial charge in [-0.2, -0.15) is 0 Å². The van der Waals surface area contributed by atoms with E-state index in [-0.39, 0.29) is 5.41 Å². The molecule has 218 valence electrons. The van der Waals surface area contributed by atoms with Crippen molar-refractivity contribution < 1.29 is 4.42 Å². The van der Waals surface area contributed by atoms with E-state index in [1.165, 1.54) is 27.6 Å². The minimum atomic E-state index is -0.159. The fraction of sp³-hybridized carbons (Fsp3) is 0.0714. The van der Waals surface area contributed by atoms with Gasteiger partial charge >= 0.3 is 0 Å². The lowest BCUT2D eigenvalue weighted by atomic mass is 9.81. The Morgan fingerprint density at radius 3 is 1.76 bits per heavy atom. The van der Waals surface area contributed by atoms with E-state index in [0.717, 1.165) is 44.4 Å². The molecule has 6 aromatic carbocycles. The summed E-state index contributed by atoms with van der Waals surface area (Å²) in [5, 5.41) is 2.37. The minimum Gasteiger partial charge on any atom is -0.456 e. The zero-order valence-electron chi connectivity index (χ0n) is 25.5. The summed E-state index contributed by atoms with van der Waals surface area (Å²) in [4.78, 5) is 14.8. The van der Waals surface area contributed by atoms with Crippen molar-refractivity contribution in [1.29, 1.82) is 0 Å². The van der Waals surface area contributed by atoms with E-state index in [2.05, 4.69) is 86.6 Å². The van der Waals surface area contributed by atoms with Crippen molar-refractivity contribution in [2.24, 2.45) is 0 Å². The number of benzene rings is 6. The first kappa shape index (κ1) is 26.5. The zero-order valence-corrected chi connectivity index (χ0v) is 25.5. The Kier molecular flexibility index (Phi) is 5.81. The normalized spacial score (nSPS) is 13.2. The SMILES string of the molecule is CC1(C)c2cc(-c3cccc(-c4nc(-c5ccccc5)nc(-c5ccccc5)n4)c3)ccc2-c2c1ccc1oc3ccccc3c21. The lowest BCUT2D eigenvalue weighted by molar-refractivity contribution is 0.657. The Labute approximate surface area is 267 Å². The standard InChI is InChI=1S/C42H29N3O/c1-42(2)33-22-23-36-38(32-18-9-10-19-35(32)46-36)37(33)31-21-20-29(25-34(31)42)28-16-11-17-30(24-28)41-44-39(26-12-5-3-6-13-26)43-40(45-41)27-14-7-4-8-15-27/h3-25H,1-2H3. The largest absolute Gasteiger partial charge is 0.456 e. The molecule has 1 aliphatic carbocycles. The third-order valence-corrected chi connectivity index (χ3v) is 9.33. The van der Waals surface area contributed by atoms with E-state index in [0.29, 0.717) is 17.5 Å². The molecule has 0 saturated carbocycles. The van der Waals surface area contributed by atoms with Gasteiger partial charge < -0.3 is 4.42 Å². The molecule has 0 radical (unpaired) electrons. The molecule has 0 saturated heterocycles. The lowest BCUT2D eigenvalue weighted by Gasteiger charge is -2.22. The molecule has 0 unspecified atom stereocenters. The number of hydrogen-bond acceptors (Lipinski definition) is 4. The van der Waals surface area contributed by atoms with E-state index >= 15 is 0 Å². The summed E-state index contributed by atoms with van der Waals surface area (Å²) in [7, 11) is 0. The highest BCUT2D eigenvalue weighted by molar-refractivity contribution is 6.15. The molecule has 0 bridgehead atoms. The molecular formula is C42H29N3O. The monoisotopic (exact) mass is 591 g/mol. The average molecular weight is 592 g/mol. The van der Waals surface area contributed by atoms with Crippen molar-refractivity contribution >= 4 is 21.9 Å². The fourth-order valence-corrected chi connectivity index (χ4v) is 7.00. The van der Waals surface area contributed by atoms with Crippen LogP contribution in [0.5, 0.6) is 0 Å².